The second kappa shape index (κ2) is 9.04. The number of rotatable bonds is 6. The lowest BCUT2D eigenvalue weighted by molar-refractivity contribution is -0.119. The molecule has 1 saturated heterocycles. The Hall–Kier alpha value is -2.27. The summed E-state index contributed by atoms with van der Waals surface area (Å²) in [5.74, 6) is -0.718. The van der Waals surface area contributed by atoms with Crippen LogP contribution in [0.1, 0.15) is 9.67 Å². The Balaban J connectivity index is 1.61. The number of sulfonamides is 1. The molecule has 1 aliphatic rings. The first kappa shape index (κ1) is 21.4. The van der Waals surface area contributed by atoms with E-state index in [1.807, 2.05) is 35.2 Å². The summed E-state index contributed by atoms with van der Waals surface area (Å²) in [5.41, 5.74) is 0.812. The van der Waals surface area contributed by atoms with E-state index in [1.165, 1.54) is 17.5 Å². The third kappa shape index (κ3) is 4.67. The molecule has 8 nitrogen and oxygen atoms in total. The number of carbonyl (C=O) groups is 2. The molecule has 156 valence electrons. The van der Waals surface area contributed by atoms with E-state index < -0.39 is 16.0 Å². The predicted molar refractivity (Wildman–Crippen MR) is 111 cm³/mol. The number of hydrogen-bond acceptors (Lipinski definition) is 7. The Morgan fingerprint density at radius 1 is 1.10 bits per heavy atom. The summed E-state index contributed by atoms with van der Waals surface area (Å²) in [4.78, 5) is 27.9. The van der Waals surface area contributed by atoms with Crippen molar-refractivity contribution in [3.05, 3.63) is 46.7 Å². The maximum atomic E-state index is 12.9. The van der Waals surface area contributed by atoms with Gasteiger partial charge in [0.2, 0.25) is 15.9 Å². The van der Waals surface area contributed by atoms with Gasteiger partial charge in [0, 0.05) is 38.9 Å². The molecule has 0 N–H and O–H groups in total. The van der Waals surface area contributed by atoms with Crippen molar-refractivity contribution < 1.29 is 22.7 Å². The lowest BCUT2D eigenvalue weighted by atomic mass is 10.3. The number of nitrogens with zero attached hydrogens (tertiary/aromatic N) is 3. The molecule has 0 bridgehead atoms. The molecule has 0 spiro atoms. The van der Waals surface area contributed by atoms with E-state index in [0.29, 0.717) is 13.1 Å². The summed E-state index contributed by atoms with van der Waals surface area (Å²) in [6, 6.07) is 10.8. The number of hydrogen-bond donors (Lipinski definition) is 0. The maximum absolute atomic E-state index is 12.9. The topological polar surface area (TPSA) is 87.2 Å². The minimum atomic E-state index is -3.79. The number of likely N-dealkylation sites (N-methyl/N-ethyl adjacent to an activating group) is 1. The molecular weight excluding hydrogens is 414 g/mol. The van der Waals surface area contributed by atoms with Gasteiger partial charge in [-0.2, -0.15) is 4.31 Å². The van der Waals surface area contributed by atoms with Gasteiger partial charge in [0.05, 0.1) is 13.7 Å². The van der Waals surface area contributed by atoms with Gasteiger partial charge in [-0.1, -0.05) is 18.2 Å². The molecule has 0 radical (unpaired) electrons. The molecular formula is C19H23N3O5S2. The van der Waals surface area contributed by atoms with Gasteiger partial charge in [-0.25, -0.2) is 13.2 Å². The zero-order valence-electron chi connectivity index (χ0n) is 16.3. The normalized spacial score (nSPS) is 15.8. The fraction of sp³-hybridized carbons (Fsp3) is 0.368. The molecule has 1 amide bonds. The van der Waals surface area contributed by atoms with Gasteiger partial charge in [0.15, 0.2) is 0 Å². The monoisotopic (exact) mass is 437 g/mol. The van der Waals surface area contributed by atoms with Crippen molar-refractivity contribution in [3.8, 4) is 0 Å². The minimum absolute atomic E-state index is 0.0253. The highest BCUT2D eigenvalue weighted by molar-refractivity contribution is 7.89. The highest BCUT2D eigenvalue weighted by Gasteiger charge is 2.33. The number of piperazine rings is 1. The number of ether oxygens (including phenoxy) is 1. The van der Waals surface area contributed by atoms with Crippen molar-refractivity contribution in [3.63, 3.8) is 0 Å². The minimum Gasteiger partial charge on any atom is -0.465 e. The molecule has 0 saturated carbocycles. The summed E-state index contributed by atoms with van der Waals surface area (Å²) in [7, 11) is -0.846. The molecule has 1 aliphatic heterocycles. The van der Waals surface area contributed by atoms with Crippen LogP contribution in [0.4, 0.5) is 5.69 Å². The molecule has 0 unspecified atom stereocenters. The summed E-state index contributed by atoms with van der Waals surface area (Å²) in [5, 5.41) is 1.56. The molecule has 29 heavy (non-hydrogen) atoms. The average Bonchev–Trinajstić information content (AvgIpc) is 3.24. The number of esters is 1. The largest absolute Gasteiger partial charge is 0.465 e. The summed E-state index contributed by atoms with van der Waals surface area (Å²) in [6.45, 7) is 1.59. The second-order valence-electron chi connectivity index (χ2n) is 6.57. The Bertz CT molecular complexity index is 967. The molecule has 1 aromatic carbocycles. The van der Waals surface area contributed by atoms with Crippen LogP contribution in [0.25, 0.3) is 0 Å². The van der Waals surface area contributed by atoms with E-state index in [-0.39, 0.29) is 35.3 Å². The van der Waals surface area contributed by atoms with Crippen molar-refractivity contribution in [2.75, 3.05) is 51.8 Å². The lowest BCUT2D eigenvalue weighted by Gasteiger charge is -2.34. The Kier molecular flexibility index (Phi) is 6.68. The molecule has 3 rings (SSSR count). The van der Waals surface area contributed by atoms with Crippen LogP contribution in [0.5, 0.6) is 0 Å². The number of thiophene rings is 1. The van der Waals surface area contributed by atoms with Crippen LogP contribution in [0.3, 0.4) is 0 Å². The van der Waals surface area contributed by atoms with E-state index in [0.717, 1.165) is 17.0 Å². The van der Waals surface area contributed by atoms with Gasteiger partial charge in [-0.05, 0) is 23.6 Å². The highest BCUT2D eigenvalue weighted by Crippen LogP contribution is 2.26. The fourth-order valence-corrected chi connectivity index (χ4v) is 5.83. The molecule has 1 fully saturated rings. The van der Waals surface area contributed by atoms with Crippen LogP contribution in [-0.2, 0) is 19.6 Å². The van der Waals surface area contributed by atoms with E-state index in [4.69, 9.17) is 0 Å². The fourth-order valence-electron chi connectivity index (χ4n) is 3.10. The molecule has 2 heterocycles. The number of para-hydroxylation sites is 1. The van der Waals surface area contributed by atoms with Crippen LogP contribution < -0.4 is 4.90 Å². The molecule has 1 aromatic heterocycles. The van der Waals surface area contributed by atoms with E-state index >= 15 is 0 Å². The maximum Gasteiger partial charge on any atom is 0.349 e. The zero-order chi connectivity index (χ0) is 21.0. The number of amides is 1. The van der Waals surface area contributed by atoms with Crippen LogP contribution in [0, 0.1) is 0 Å². The average molecular weight is 438 g/mol. The van der Waals surface area contributed by atoms with Gasteiger partial charge in [0.25, 0.3) is 0 Å². The van der Waals surface area contributed by atoms with E-state index in [2.05, 4.69) is 4.74 Å². The van der Waals surface area contributed by atoms with E-state index in [1.54, 1.807) is 17.3 Å². The third-order valence-electron chi connectivity index (χ3n) is 4.83. The second-order valence-corrected chi connectivity index (χ2v) is 9.40. The quantitative estimate of drug-likeness (QED) is 0.637. The standard InChI is InChI=1S/C19H23N3O5S2/c1-20(15-6-4-3-5-7-15)17(23)14-21-9-11-22(12-10-21)29(25,26)16-8-13-28-18(16)19(24)27-2/h3-8,13H,9-12,14H2,1-2H3. The third-order valence-corrected chi connectivity index (χ3v) is 7.79. The van der Waals surface area contributed by atoms with Crippen molar-refractivity contribution in [2.24, 2.45) is 0 Å². The number of benzene rings is 1. The first-order valence-corrected chi connectivity index (χ1v) is 11.4. The first-order chi connectivity index (χ1) is 13.8. The Morgan fingerprint density at radius 3 is 2.38 bits per heavy atom. The number of methoxy groups -OCH3 is 1. The van der Waals surface area contributed by atoms with Crippen LogP contribution in [0.2, 0.25) is 0 Å². The number of anilines is 1. The van der Waals surface area contributed by atoms with Crippen molar-refractivity contribution in [1.29, 1.82) is 0 Å². The van der Waals surface area contributed by atoms with Crippen LogP contribution in [-0.4, -0.2) is 76.4 Å². The molecule has 0 atom stereocenters. The number of carbonyl (C=O) groups excluding carboxylic acids is 2. The van der Waals surface area contributed by atoms with E-state index in [9.17, 15) is 18.0 Å². The van der Waals surface area contributed by atoms with Crippen molar-refractivity contribution in [1.82, 2.24) is 9.21 Å². The van der Waals surface area contributed by atoms with Gasteiger partial charge in [-0.15, -0.1) is 11.3 Å². The van der Waals surface area contributed by atoms with Crippen LogP contribution >= 0.6 is 11.3 Å². The van der Waals surface area contributed by atoms with Gasteiger partial charge >= 0.3 is 5.97 Å². The zero-order valence-corrected chi connectivity index (χ0v) is 17.9. The summed E-state index contributed by atoms with van der Waals surface area (Å²) < 4.78 is 31.9. The van der Waals surface area contributed by atoms with Gasteiger partial charge in [0.1, 0.15) is 9.77 Å². The SMILES string of the molecule is COC(=O)c1sccc1S(=O)(=O)N1CCN(CC(=O)N(C)c2ccccc2)CC1. The smallest absolute Gasteiger partial charge is 0.349 e. The van der Waals surface area contributed by atoms with Gasteiger partial charge < -0.3 is 9.64 Å². The van der Waals surface area contributed by atoms with Crippen molar-refractivity contribution in [2.45, 2.75) is 4.90 Å². The molecule has 0 aliphatic carbocycles. The highest BCUT2D eigenvalue weighted by atomic mass is 32.2. The lowest BCUT2D eigenvalue weighted by Crippen LogP contribution is -2.51. The van der Waals surface area contributed by atoms with Crippen molar-refractivity contribution >= 4 is 38.9 Å². The molecule has 10 heteroatoms. The van der Waals surface area contributed by atoms with Gasteiger partial charge in [-0.3, -0.25) is 9.69 Å². The molecule has 2 aromatic rings. The predicted octanol–water partition coefficient (Wildman–Crippen LogP) is 1.50. The Morgan fingerprint density at radius 2 is 1.76 bits per heavy atom. The van der Waals surface area contributed by atoms with Crippen LogP contribution in [0.15, 0.2) is 46.7 Å². The summed E-state index contributed by atoms with van der Waals surface area (Å²) in [6.07, 6.45) is 0. The Labute approximate surface area is 174 Å². The first-order valence-electron chi connectivity index (χ1n) is 9.04. The summed E-state index contributed by atoms with van der Waals surface area (Å²) >= 11 is 1.04.